The highest BCUT2D eigenvalue weighted by atomic mass is 16.2. The Kier molecular flexibility index (Phi) is 5.55. The summed E-state index contributed by atoms with van der Waals surface area (Å²) in [6.45, 7) is 10.3. The van der Waals surface area contributed by atoms with Crippen molar-refractivity contribution in [2.24, 2.45) is 11.7 Å². The van der Waals surface area contributed by atoms with Crippen LogP contribution in [0.2, 0.25) is 0 Å². The fraction of sp³-hybridized carbons (Fsp3) is 0.562. The lowest BCUT2D eigenvalue weighted by Crippen LogP contribution is -2.42. The quantitative estimate of drug-likeness (QED) is 0.857. The van der Waals surface area contributed by atoms with Crippen LogP contribution in [0.5, 0.6) is 0 Å². The van der Waals surface area contributed by atoms with Crippen molar-refractivity contribution < 1.29 is 4.79 Å². The summed E-state index contributed by atoms with van der Waals surface area (Å²) in [5.41, 5.74) is 9.48. The summed E-state index contributed by atoms with van der Waals surface area (Å²) < 4.78 is 0. The van der Waals surface area contributed by atoms with E-state index in [2.05, 4.69) is 51.2 Å². The van der Waals surface area contributed by atoms with E-state index in [1.54, 1.807) is 0 Å². The van der Waals surface area contributed by atoms with Crippen molar-refractivity contribution in [1.82, 2.24) is 5.32 Å². The first-order valence-electron chi connectivity index (χ1n) is 6.94. The number of hydrogen-bond acceptors (Lipinski definition) is 2. The van der Waals surface area contributed by atoms with Gasteiger partial charge >= 0.3 is 0 Å². The summed E-state index contributed by atoms with van der Waals surface area (Å²) >= 11 is 0. The first-order valence-corrected chi connectivity index (χ1v) is 6.94. The van der Waals surface area contributed by atoms with Gasteiger partial charge in [0, 0.05) is 0 Å². The lowest BCUT2D eigenvalue weighted by Gasteiger charge is -2.20. The van der Waals surface area contributed by atoms with E-state index in [4.69, 9.17) is 5.73 Å². The number of hydrogen-bond donors (Lipinski definition) is 2. The monoisotopic (exact) mass is 262 g/mol. The minimum atomic E-state index is -0.423. The summed E-state index contributed by atoms with van der Waals surface area (Å²) in [4.78, 5) is 12.0. The van der Waals surface area contributed by atoms with Crippen molar-refractivity contribution in [2.75, 3.05) is 0 Å². The summed E-state index contributed by atoms with van der Waals surface area (Å²) in [6, 6.07) is 5.84. The third-order valence-corrected chi connectivity index (χ3v) is 3.31. The zero-order valence-electron chi connectivity index (χ0n) is 12.7. The highest BCUT2D eigenvalue weighted by Gasteiger charge is 2.18. The minimum Gasteiger partial charge on any atom is -0.348 e. The molecule has 3 nitrogen and oxygen atoms in total. The molecule has 1 aromatic rings. The highest BCUT2D eigenvalue weighted by molar-refractivity contribution is 5.81. The van der Waals surface area contributed by atoms with Gasteiger partial charge in [0.15, 0.2) is 0 Å². The van der Waals surface area contributed by atoms with Crippen LogP contribution < -0.4 is 11.1 Å². The van der Waals surface area contributed by atoms with E-state index in [0.717, 1.165) is 5.56 Å². The number of aryl methyl sites for hydroxylation is 2. The van der Waals surface area contributed by atoms with Gasteiger partial charge in [-0.25, -0.2) is 0 Å². The van der Waals surface area contributed by atoms with Crippen molar-refractivity contribution in [1.29, 1.82) is 0 Å². The zero-order chi connectivity index (χ0) is 14.6. The van der Waals surface area contributed by atoms with Crippen molar-refractivity contribution in [3.8, 4) is 0 Å². The van der Waals surface area contributed by atoms with Crippen LogP contribution in [0.3, 0.4) is 0 Å². The first kappa shape index (κ1) is 15.7. The molecule has 19 heavy (non-hydrogen) atoms. The Morgan fingerprint density at radius 2 is 1.89 bits per heavy atom. The third-order valence-electron chi connectivity index (χ3n) is 3.31. The van der Waals surface area contributed by atoms with Gasteiger partial charge in [-0.2, -0.15) is 0 Å². The van der Waals surface area contributed by atoms with Crippen LogP contribution in [-0.4, -0.2) is 11.9 Å². The number of benzene rings is 1. The lowest BCUT2D eigenvalue weighted by molar-refractivity contribution is -0.123. The maximum atomic E-state index is 12.0. The topological polar surface area (TPSA) is 55.1 Å². The van der Waals surface area contributed by atoms with E-state index in [9.17, 15) is 4.79 Å². The highest BCUT2D eigenvalue weighted by Crippen LogP contribution is 2.18. The maximum Gasteiger partial charge on any atom is 0.237 e. The molecule has 2 atom stereocenters. The second kappa shape index (κ2) is 6.71. The van der Waals surface area contributed by atoms with Crippen LogP contribution in [0.1, 0.15) is 49.9 Å². The van der Waals surface area contributed by atoms with Crippen LogP contribution in [0.4, 0.5) is 0 Å². The smallest absolute Gasteiger partial charge is 0.237 e. The molecule has 1 rings (SSSR count). The molecule has 1 amide bonds. The molecule has 0 radical (unpaired) electrons. The van der Waals surface area contributed by atoms with Crippen LogP contribution in [0.25, 0.3) is 0 Å². The second-order valence-electron chi connectivity index (χ2n) is 5.83. The molecule has 0 saturated heterocycles. The van der Waals surface area contributed by atoms with E-state index in [1.807, 2.05) is 6.92 Å². The van der Waals surface area contributed by atoms with Gasteiger partial charge in [-0.1, -0.05) is 37.6 Å². The molecule has 0 saturated carbocycles. The Morgan fingerprint density at radius 3 is 2.42 bits per heavy atom. The second-order valence-corrected chi connectivity index (χ2v) is 5.83. The van der Waals surface area contributed by atoms with Gasteiger partial charge in [-0.3, -0.25) is 4.79 Å². The third kappa shape index (κ3) is 4.67. The molecule has 106 valence electrons. The normalized spacial score (nSPS) is 14.3. The Hall–Kier alpha value is -1.35. The van der Waals surface area contributed by atoms with Crippen molar-refractivity contribution in [3.05, 3.63) is 34.9 Å². The average molecular weight is 262 g/mol. The number of amides is 1. The summed E-state index contributed by atoms with van der Waals surface area (Å²) in [5.74, 6) is 0.360. The van der Waals surface area contributed by atoms with Crippen molar-refractivity contribution >= 4 is 5.91 Å². The molecule has 0 aliphatic heterocycles. The van der Waals surface area contributed by atoms with E-state index in [-0.39, 0.29) is 11.9 Å². The summed E-state index contributed by atoms with van der Waals surface area (Å²) in [5, 5.41) is 3.00. The van der Waals surface area contributed by atoms with E-state index >= 15 is 0 Å². The van der Waals surface area contributed by atoms with Gasteiger partial charge in [0.05, 0.1) is 12.1 Å². The predicted octanol–water partition coefficient (Wildman–Crippen LogP) is 2.85. The summed E-state index contributed by atoms with van der Waals surface area (Å²) in [6.07, 6.45) is 0.714. The number of rotatable bonds is 5. The lowest BCUT2D eigenvalue weighted by atomic mass is 9.99. The largest absolute Gasteiger partial charge is 0.348 e. The molecule has 3 N–H and O–H groups in total. The predicted molar refractivity (Wildman–Crippen MR) is 79.9 cm³/mol. The number of nitrogens with two attached hydrogens (primary N) is 1. The van der Waals surface area contributed by atoms with E-state index < -0.39 is 6.04 Å². The van der Waals surface area contributed by atoms with Crippen LogP contribution >= 0.6 is 0 Å². The molecule has 0 fully saturated rings. The fourth-order valence-corrected chi connectivity index (χ4v) is 2.32. The minimum absolute atomic E-state index is 0.00804. The molecule has 3 heteroatoms. The molecular formula is C16H26N2O. The molecule has 0 aliphatic carbocycles. The van der Waals surface area contributed by atoms with Crippen LogP contribution in [0.15, 0.2) is 18.2 Å². The van der Waals surface area contributed by atoms with E-state index in [1.165, 1.54) is 11.1 Å². The molecule has 0 aliphatic rings. The molecule has 1 aromatic carbocycles. The van der Waals surface area contributed by atoms with Gasteiger partial charge in [-0.15, -0.1) is 0 Å². The SMILES string of the molecule is Cc1ccc(C(C)NC(=O)[C@@H](N)CC(C)C)c(C)c1. The molecule has 0 heterocycles. The van der Waals surface area contributed by atoms with Crippen molar-refractivity contribution in [3.63, 3.8) is 0 Å². The van der Waals surface area contributed by atoms with E-state index in [0.29, 0.717) is 12.3 Å². The Bertz CT molecular complexity index is 440. The summed E-state index contributed by atoms with van der Waals surface area (Å²) in [7, 11) is 0. The van der Waals surface area contributed by atoms with Gasteiger partial charge in [0.1, 0.15) is 0 Å². The Morgan fingerprint density at radius 1 is 1.26 bits per heavy atom. The van der Waals surface area contributed by atoms with Crippen LogP contribution in [-0.2, 0) is 4.79 Å². The Balaban J connectivity index is 2.68. The average Bonchev–Trinajstić information content (AvgIpc) is 2.27. The van der Waals surface area contributed by atoms with Gasteiger partial charge in [0.25, 0.3) is 0 Å². The first-order chi connectivity index (χ1) is 8.81. The number of carbonyl (C=O) groups excluding carboxylic acids is 1. The standard InChI is InChI=1S/C16H26N2O/c1-10(2)8-15(17)16(19)18-13(5)14-7-6-11(3)9-12(14)4/h6-7,9-10,13,15H,8,17H2,1-5H3,(H,18,19)/t13?,15-/m0/s1. The van der Waals surface area contributed by atoms with Crippen molar-refractivity contribution in [2.45, 2.75) is 53.1 Å². The van der Waals surface area contributed by atoms with Crippen LogP contribution in [0, 0.1) is 19.8 Å². The van der Waals surface area contributed by atoms with Gasteiger partial charge in [-0.05, 0) is 44.2 Å². The number of nitrogens with one attached hydrogen (secondary N) is 1. The Labute approximate surface area is 116 Å². The fourth-order valence-electron chi connectivity index (χ4n) is 2.32. The molecule has 0 spiro atoms. The molecule has 1 unspecified atom stereocenters. The number of carbonyl (C=O) groups is 1. The molecule has 0 aromatic heterocycles. The zero-order valence-corrected chi connectivity index (χ0v) is 12.7. The van der Waals surface area contributed by atoms with Gasteiger partial charge in [0.2, 0.25) is 5.91 Å². The maximum absolute atomic E-state index is 12.0. The molecule has 0 bridgehead atoms. The molecular weight excluding hydrogens is 236 g/mol. The van der Waals surface area contributed by atoms with Gasteiger partial charge < -0.3 is 11.1 Å².